The molecule has 0 aliphatic rings. The summed E-state index contributed by atoms with van der Waals surface area (Å²) in [5.74, 6) is -0.546. The van der Waals surface area contributed by atoms with Gasteiger partial charge in [0.1, 0.15) is 0 Å². The molecule has 0 spiro atoms. The van der Waals surface area contributed by atoms with E-state index in [1.807, 2.05) is 19.0 Å². The van der Waals surface area contributed by atoms with E-state index in [1.165, 1.54) is 12.1 Å². The fraction of sp³-hybridized carbons (Fsp3) is 0.316. The van der Waals surface area contributed by atoms with Crippen molar-refractivity contribution in [3.8, 4) is 0 Å². The predicted molar refractivity (Wildman–Crippen MR) is 96.3 cm³/mol. The number of rotatable bonds is 6. The largest absolute Gasteiger partial charge is 0.416 e. The van der Waals surface area contributed by atoms with Crippen LogP contribution in [0.5, 0.6) is 0 Å². The summed E-state index contributed by atoms with van der Waals surface area (Å²) >= 11 is 5.90. The molecule has 0 bridgehead atoms. The van der Waals surface area contributed by atoms with Crippen molar-refractivity contribution in [1.82, 2.24) is 10.2 Å². The van der Waals surface area contributed by atoms with Gasteiger partial charge < -0.3 is 10.2 Å². The number of alkyl halides is 3. The first-order chi connectivity index (χ1) is 12.2. The van der Waals surface area contributed by atoms with Crippen LogP contribution in [0.1, 0.15) is 33.9 Å². The molecule has 0 fully saturated rings. The van der Waals surface area contributed by atoms with Crippen LogP contribution >= 0.6 is 11.6 Å². The number of hydrogen-bond acceptors (Lipinski definition) is 2. The zero-order chi connectivity index (χ0) is 19.3. The Bertz CT molecular complexity index is 745. The van der Waals surface area contributed by atoms with Crippen LogP contribution in [0.2, 0.25) is 5.02 Å². The number of nitrogens with zero attached hydrogens (tertiary/aromatic N) is 1. The third-order valence-electron chi connectivity index (χ3n) is 3.89. The summed E-state index contributed by atoms with van der Waals surface area (Å²) in [5.41, 5.74) is -0.0262. The summed E-state index contributed by atoms with van der Waals surface area (Å²) in [4.78, 5) is 14.5. The molecule has 3 nitrogen and oxygen atoms in total. The molecule has 1 amide bonds. The van der Waals surface area contributed by atoms with Gasteiger partial charge in [0.25, 0.3) is 5.91 Å². The predicted octanol–water partition coefficient (Wildman–Crippen LogP) is 4.78. The SMILES string of the molecule is CN(C)CCC(NC(=O)c1cccc(C(F)(F)F)c1)c1ccc(Cl)cc1. The van der Waals surface area contributed by atoms with E-state index in [4.69, 9.17) is 11.6 Å². The van der Waals surface area contributed by atoms with Crippen molar-refractivity contribution in [3.63, 3.8) is 0 Å². The van der Waals surface area contributed by atoms with Crippen LogP contribution in [-0.2, 0) is 6.18 Å². The lowest BCUT2D eigenvalue weighted by Gasteiger charge is -2.21. The maximum absolute atomic E-state index is 12.9. The average molecular weight is 385 g/mol. The van der Waals surface area contributed by atoms with Crippen molar-refractivity contribution in [2.24, 2.45) is 0 Å². The fourth-order valence-electron chi connectivity index (χ4n) is 2.48. The number of nitrogens with one attached hydrogen (secondary N) is 1. The molecule has 0 aliphatic carbocycles. The smallest absolute Gasteiger partial charge is 0.345 e. The molecule has 2 aromatic carbocycles. The zero-order valence-corrected chi connectivity index (χ0v) is 15.2. The van der Waals surface area contributed by atoms with Crippen molar-refractivity contribution in [2.45, 2.75) is 18.6 Å². The average Bonchev–Trinajstić information content (AvgIpc) is 2.58. The lowest BCUT2D eigenvalue weighted by molar-refractivity contribution is -0.137. The number of carbonyl (C=O) groups is 1. The third-order valence-corrected chi connectivity index (χ3v) is 4.15. The molecule has 0 saturated carbocycles. The Morgan fingerprint density at radius 1 is 1.15 bits per heavy atom. The summed E-state index contributed by atoms with van der Waals surface area (Å²) in [7, 11) is 3.82. The van der Waals surface area contributed by atoms with Gasteiger partial charge in [0, 0.05) is 10.6 Å². The third kappa shape index (κ3) is 5.75. The van der Waals surface area contributed by atoms with Crippen molar-refractivity contribution in [1.29, 1.82) is 0 Å². The van der Waals surface area contributed by atoms with Gasteiger partial charge in [-0.2, -0.15) is 13.2 Å². The molecular weight excluding hydrogens is 365 g/mol. The van der Waals surface area contributed by atoms with Gasteiger partial charge >= 0.3 is 6.18 Å². The van der Waals surface area contributed by atoms with Gasteiger partial charge in [-0.05, 0) is 63.0 Å². The van der Waals surface area contributed by atoms with E-state index in [1.54, 1.807) is 24.3 Å². The lowest BCUT2D eigenvalue weighted by atomic mass is 10.0. The van der Waals surface area contributed by atoms with Crippen molar-refractivity contribution >= 4 is 17.5 Å². The highest BCUT2D eigenvalue weighted by molar-refractivity contribution is 6.30. The van der Waals surface area contributed by atoms with Gasteiger partial charge in [-0.25, -0.2) is 0 Å². The molecule has 7 heteroatoms. The van der Waals surface area contributed by atoms with Crippen LogP contribution in [0.4, 0.5) is 13.2 Å². The fourth-order valence-corrected chi connectivity index (χ4v) is 2.61. The minimum atomic E-state index is -4.49. The van der Waals surface area contributed by atoms with E-state index in [2.05, 4.69) is 5.32 Å². The van der Waals surface area contributed by atoms with E-state index in [-0.39, 0.29) is 11.6 Å². The van der Waals surface area contributed by atoms with Crippen LogP contribution in [0.3, 0.4) is 0 Å². The molecule has 0 aliphatic heterocycles. The maximum Gasteiger partial charge on any atom is 0.416 e. The summed E-state index contributed by atoms with van der Waals surface area (Å²) in [5, 5.41) is 3.40. The van der Waals surface area contributed by atoms with Crippen LogP contribution in [-0.4, -0.2) is 31.4 Å². The highest BCUT2D eigenvalue weighted by Gasteiger charge is 2.31. The van der Waals surface area contributed by atoms with Crippen LogP contribution < -0.4 is 5.32 Å². The summed E-state index contributed by atoms with van der Waals surface area (Å²) in [6.45, 7) is 0.705. The molecular formula is C19H20ClF3N2O. The molecule has 26 heavy (non-hydrogen) atoms. The van der Waals surface area contributed by atoms with Crippen LogP contribution in [0.25, 0.3) is 0 Å². The Balaban J connectivity index is 2.21. The van der Waals surface area contributed by atoms with Crippen molar-refractivity contribution < 1.29 is 18.0 Å². The maximum atomic E-state index is 12.9. The van der Waals surface area contributed by atoms with Crippen molar-refractivity contribution in [2.75, 3.05) is 20.6 Å². The van der Waals surface area contributed by atoms with Gasteiger partial charge in [0.15, 0.2) is 0 Å². The van der Waals surface area contributed by atoms with Crippen LogP contribution in [0.15, 0.2) is 48.5 Å². The van der Waals surface area contributed by atoms with Gasteiger partial charge in [-0.15, -0.1) is 0 Å². The molecule has 140 valence electrons. The Morgan fingerprint density at radius 2 is 1.81 bits per heavy atom. The second kappa shape index (κ2) is 8.56. The summed E-state index contributed by atoms with van der Waals surface area (Å²) in [6, 6.07) is 11.1. The monoisotopic (exact) mass is 384 g/mol. The lowest BCUT2D eigenvalue weighted by Crippen LogP contribution is -2.31. The molecule has 0 radical (unpaired) electrons. The Hall–Kier alpha value is -2.05. The van der Waals surface area contributed by atoms with Gasteiger partial charge in [-0.1, -0.05) is 29.8 Å². The molecule has 0 heterocycles. The second-order valence-electron chi connectivity index (χ2n) is 6.25. The molecule has 1 atom stereocenters. The van der Waals surface area contributed by atoms with Gasteiger partial charge in [0.2, 0.25) is 0 Å². The second-order valence-corrected chi connectivity index (χ2v) is 6.68. The topological polar surface area (TPSA) is 32.3 Å². The van der Waals surface area contributed by atoms with E-state index in [0.717, 1.165) is 17.7 Å². The summed E-state index contributed by atoms with van der Waals surface area (Å²) < 4.78 is 38.6. The Kier molecular flexibility index (Phi) is 6.67. The highest BCUT2D eigenvalue weighted by atomic mass is 35.5. The number of benzene rings is 2. The molecule has 1 N–H and O–H groups in total. The van der Waals surface area contributed by atoms with E-state index < -0.39 is 17.6 Å². The van der Waals surface area contributed by atoms with Crippen LogP contribution in [0, 0.1) is 0 Å². The molecule has 2 rings (SSSR count). The molecule has 0 saturated heterocycles. The van der Waals surface area contributed by atoms with Gasteiger partial charge in [-0.3, -0.25) is 4.79 Å². The molecule has 2 aromatic rings. The minimum Gasteiger partial charge on any atom is -0.345 e. The molecule has 0 aromatic heterocycles. The van der Waals surface area contributed by atoms with E-state index >= 15 is 0 Å². The van der Waals surface area contributed by atoms with Gasteiger partial charge in [0.05, 0.1) is 11.6 Å². The first kappa shape index (κ1) is 20.3. The number of hydrogen-bond donors (Lipinski definition) is 1. The quantitative estimate of drug-likeness (QED) is 0.777. The number of carbonyl (C=O) groups excluding carboxylic acids is 1. The Labute approximate surface area is 155 Å². The minimum absolute atomic E-state index is 0.0244. The first-order valence-electron chi connectivity index (χ1n) is 8.05. The number of halogens is 4. The standard InChI is InChI=1S/C19H20ClF3N2O/c1-25(2)11-10-17(13-6-8-16(20)9-7-13)24-18(26)14-4-3-5-15(12-14)19(21,22)23/h3-9,12,17H,10-11H2,1-2H3,(H,24,26). The van der Waals surface area contributed by atoms with Crippen molar-refractivity contribution in [3.05, 3.63) is 70.2 Å². The zero-order valence-electron chi connectivity index (χ0n) is 14.5. The first-order valence-corrected chi connectivity index (χ1v) is 8.43. The summed E-state index contributed by atoms with van der Waals surface area (Å²) in [6.07, 6.45) is -3.88. The van der Waals surface area contributed by atoms with E-state index in [0.29, 0.717) is 18.0 Å². The normalized spacial score (nSPS) is 12.9. The molecule has 1 unspecified atom stereocenters. The highest BCUT2D eigenvalue weighted by Crippen LogP contribution is 2.29. The van der Waals surface area contributed by atoms with E-state index in [9.17, 15) is 18.0 Å². The Morgan fingerprint density at radius 3 is 2.38 bits per heavy atom. The number of amides is 1.